The second-order valence-corrected chi connectivity index (χ2v) is 7.48. The Balaban J connectivity index is 1.57. The molecule has 0 aliphatic carbocycles. The molecule has 0 spiro atoms. The monoisotopic (exact) mass is 433 g/mol. The first-order chi connectivity index (χ1) is 12.7. The molecule has 5 nitrogen and oxygen atoms in total. The summed E-state index contributed by atoms with van der Waals surface area (Å²) in [6, 6.07) is 14.1. The molecule has 26 heavy (non-hydrogen) atoms. The molecular weight excluding hydrogens is 414 g/mol. The Hall–Kier alpha value is -1.99. The molecule has 3 rings (SSSR count). The van der Waals surface area contributed by atoms with Gasteiger partial charge in [0.1, 0.15) is 0 Å². The highest BCUT2D eigenvalue weighted by Crippen LogP contribution is 2.27. The molecule has 0 saturated carbocycles. The van der Waals surface area contributed by atoms with Gasteiger partial charge < -0.3 is 9.47 Å². The summed E-state index contributed by atoms with van der Waals surface area (Å²) in [6.07, 6.45) is 0.828. The fourth-order valence-electron chi connectivity index (χ4n) is 2.54. The molecule has 136 valence electrons. The lowest BCUT2D eigenvalue weighted by atomic mass is 10.1. The number of thioether (sulfide) groups is 1. The lowest BCUT2D eigenvalue weighted by Crippen LogP contribution is -2.25. The summed E-state index contributed by atoms with van der Waals surface area (Å²) < 4.78 is 11.7. The summed E-state index contributed by atoms with van der Waals surface area (Å²) in [4.78, 5) is 4.60. The molecule has 2 aromatic rings. The molecule has 1 aliphatic heterocycles. The number of hydrogen-bond acceptors (Lipinski definition) is 5. The number of benzene rings is 2. The lowest BCUT2D eigenvalue weighted by molar-refractivity contribution is 0.354. The van der Waals surface area contributed by atoms with Crippen molar-refractivity contribution in [3.05, 3.63) is 58.1 Å². The van der Waals surface area contributed by atoms with Crippen molar-refractivity contribution >= 4 is 38.6 Å². The van der Waals surface area contributed by atoms with Crippen molar-refractivity contribution in [2.45, 2.75) is 6.42 Å². The van der Waals surface area contributed by atoms with Crippen LogP contribution < -0.4 is 14.9 Å². The normalized spacial score (nSPS) is 15.3. The lowest BCUT2D eigenvalue weighted by Gasteiger charge is -2.15. The van der Waals surface area contributed by atoms with Crippen LogP contribution in [-0.2, 0) is 6.42 Å². The standard InChI is InChI=1S/C19H20BrN3O2S/c1-24-17-7-6-13(10-18(17)25-2)8-9-21-19-23-22-16(12-26-19)14-4-3-5-15(20)11-14/h3-7,10-11H,8-9,12H2,1-2H3,(H,21,23). The first-order valence-corrected chi connectivity index (χ1v) is 9.94. The van der Waals surface area contributed by atoms with Crippen molar-refractivity contribution in [1.82, 2.24) is 5.43 Å². The summed E-state index contributed by atoms with van der Waals surface area (Å²) >= 11 is 5.16. The highest BCUT2D eigenvalue weighted by molar-refractivity contribution is 9.10. The predicted molar refractivity (Wildman–Crippen MR) is 112 cm³/mol. The van der Waals surface area contributed by atoms with Gasteiger partial charge in [-0.25, -0.2) is 0 Å². The summed E-state index contributed by atoms with van der Waals surface area (Å²) in [7, 11) is 3.28. The molecule has 0 bridgehead atoms. The van der Waals surface area contributed by atoms with Crippen LogP contribution >= 0.6 is 27.7 Å². The number of rotatable bonds is 6. The molecule has 0 fully saturated rings. The van der Waals surface area contributed by atoms with Crippen LogP contribution in [0.4, 0.5) is 0 Å². The first-order valence-electron chi connectivity index (χ1n) is 8.16. The molecule has 0 unspecified atom stereocenters. The van der Waals surface area contributed by atoms with Crippen LogP contribution in [0.5, 0.6) is 11.5 Å². The number of ether oxygens (including phenoxy) is 2. The number of aliphatic imine (C=N–C) groups is 1. The highest BCUT2D eigenvalue weighted by atomic mass is 79.9. The van der Waals surface area contributed by atoms with E-state index in [2.05, 4.69) is 43.6 Å². The maximum atomic E-state index is 5.34. The zero-order valence-corrected chi connectivity index (χ0v) is 17.1. The van der Waals surface area contributed by atoms with E-state index in [1.807, 2.05) is 30.3 Å². The van der Waals surface area contributed by atoms with Gasteiger partial charge in [0.05, 0.1) is 19.9 Å². The smallest absolute Gasteiger partial charge is 0.177 e. The van der Waals surface area contributed by atoms with Crippen LogP contribution in [0.15, 0.2) is 57.0 Å². The van der Waals surface area contributed by atoms with E-state index < -0.39 is 0 Å². The molecule has 1 N–H and O–H groups in total. The topological polar surface area (TPSA) is 55.2 Å². The van der Waals surface area contributed by atoms with Gasteiger partial charge in [-0.15, -0.1) is 0 Å². The highest BCUT2D eigenvalue weighted by Gasteiger charge is 2.13. The fourth-order valence-corrected chi connectivity index (χ4v) is 3.73. The molecule has 0 radical (unpaired) electrons. The van der Waals surface area contributed by atoms with E-state index in [0.29, 0.717) is 6.54 Å². The fraction of sp³-hybridized carbons (Fsp3) is 0.263. The maximum Gasteiger partial charge on any atom is 0.177 e. The minimum absolute atomic E-state index is 0.687. The zero-order chi connectivity index (χ0) is 18.4. The summed E-state index contributed by atoms with van der Waals surface area (Å²) in [5, 5.41) is 5.31. The van der Waals surface area contributed by atoms with Gasteiger partial charge in [0.15, 0.2) is 16.7 Å². The number of nitrogens with zero attached hydrogens (tertiary/aromatic N) is 2. The molecule has 7 heteroatoms. The molecule has 1 aliphatic rings. The quantitative estimate of drug-likeness (QED) is 0.744. The summed E-state index contributed by atoms with van der Waals surface area (Å²) in [5.41, 5.74) is 6.35. The summed E-state index contributed by atoms with van der Waals surface area (Å²) in [5.74, 6) is 2.28. The summed E-state index contributed by atoms with van der Waals surface area (Å²) in [6.45, 7) is 0.687. The van der Waals surface area contributed by atoms with Crippen molar-refractivity contribution in [3.8, 4) is 11.5 Å². The van der Waals surface area contributed by atoms with E-state index >= 15 is 0 Å². The molecule has 0 atom stereocenters. The Labute approximate surface area is 166 Å². The number of nitrogens with one attached hydrogen (secondary N) is 1. The van der Waals surface area contributed by atoms with E-state index in [1.165, 1.54) is 0 Å². The molecule has 2 aromatic carbocycles. The Bertz CT molecular complexity index is 839. The number of methoxy groups -OCH3 is 2. The van der Waals surface area contributed by atoms with Crippen LogP contribution in [0.3, 0.4) is 0 Å². The first kappa shape index (κ1) is 18.8. The Morgan fingerprint density at radius 3 is 2.69 bits per heavy atom. The van der Waals surface area contributed by atoms with Gasteiger partial charge in [-0.1, -0.05) is 45.9 Å². The minimum atomic E-state index is 0.687. The second kappa shape index (κ2) is 9.09. The van der Waals surface area contributed by atoms with Crippen LogP contribution in [0.2, 0.25) is 0 Å². The van der Waals surface area contributed by atoms with Crippen molar-refractivity contribution < 1.29 is 9.47 Å². The van der Waals surface area contributed by atoms with Gasteiger partial charge in [0.2, 0.25) is 0 Å². The van der Waals surface area contributed by atoms with Gasteiger partial charge in [0, 0.05) is 16.8 Å². The van der Waals surface area contributed by atoms with Gasteiger partial charge in [-0.3, -0.25) is 10.4 Å². The third kappa shape index (κ3) is 4.80. The molecule has 1 heterocycles. The Kier molecular flexibility index (Phi) is 6.57. The SMILES string of the molecule is COc1ccc(CCN=C2NN=C(c3cccc(Br)c3)CS2)cc1OC. The van der Waals surface area contributed by atoms with Crippen LogP contribution in [-0.4, -0.2) is 37.4 Å². The van der Waals surface area contributed by atoms with Crippen molar-refractivity contribution in [2.75, 3.05) is 26.5 Å². The van der Waals surface area contributed by atoms with Gasteiger partial charge in [0.25, 0.3) is 0 Å². The number of hydrazone groups is 1. The average molecular weight is 434 g/mol. The molecule has 0 saturated heterocycles. The predicted octanol–water partition coefficient (Wildman–Crippen LogP) is 4.11. The van der Waals surface area contributed by atoms with Crippen LogP contribution in [0.25, 0.3) is 0 Å². The number of hydrogen-bond donors (Lipinski definition) is 1. The van der Waals surface area contributed by atoms with Gasteiger partial charge in [-0.05, 0) is 41.8 Å². The Morgan fingerprint density at radius 1 is 1.15 bits per heavy atom. The molecule has 0 amide bonds. The molecular formula is C19H20BrN3O2S. The van der Waals surface area contributed by atoms with E-state index in [1.54, 1.807) is 26.0 Å². The van der Waals surface area contributed by atoms with E-state index in [-0.39, 0.29) is 0 Å². The van der Waals surface area contributed by atoms with Crippen molar-refractivity contribution in [2.24, 2.45) is 10.1 Å². The Morgan fingerprint density at radius 2 is 2.00 bits per heavy atom. The van der Waals surface area contributed by atoms with E-state index in [0.717, 1.165) is 50.2 Å². The third-order valence-corrected chi connectivity index (χ3v) is 5.30. The average Bonchev–Trinajstić information content (AvgIpc) is 2.68. The number of halogens is 1. The zero-order valence-electron chi connectivity index (χ0n) is 14.7. The minimum Gasteiger partial charge on any atom is -0.493 e. The largest absolute Gasteiger partial charge is 0.493 e. The maximum absolute atomic E-state index is 5.34. The van der Waals surface area contributed by atoms with E-state index in [9.17, 15) is 0 Å². The van der Waals surface area contributed by atoms with Gasteiger partial charge in [-0.2, -0.15) is 5.10 Å². The van der Waals surface area contributed by atoms with E-state index in [4.69, 9.17) is 9.47 Å². The van der Waals surface area contributed by atoms with Crippen LogP contribution in [0.1, 0.15) is 11.1 Å². The van der Waals surface area contributed by atoms with Crippen LogP contribution in [0, 0.1) is 0 Å². The van der Waals surface area contributed by atoms with Crippen molar-refractivity contribution in [1.29, 1.82) is 0 Å². The number of amidine groups is 1. The van der Waals surface area contributed by atoms with Crippen molar-refractivity contribution in [3.63, 3.8) is 0 Å². The third-order valence-electron chi connectivity index (χ3n) is 3.89. The van der Waals surface area contributed by atoms with Gasteiger partial charge >= 0.3 is 0 Å². The second-order valence-electron chi connectivity index (χ2n) is 5.60. The molecule has 0 aromatic heterocycles.